The molecule has 0 amide bonds. The van der Waals surface area contributed by atoms with Gasteiger partial charge in [0.15, 0.2) is 0 Å². The Labute approximate surface area is 104 Å². The lowest BCUT2D eigenvalue weighted by molar-refractivity contribution is 0.445. The Kier molecular flexibility index (Phi) is 3.97. The van der Waals surface area contributed by atoms with Crippen LogP contribution < -0.4 is 0 Å². The fourth-order valence-corrected chi connectivity index (χ4v) is 1.71. The molecule has 17 heavy (non-hydrogen) atoms. The Hall–Kier alpha value is -1.31. The molecule has 0 aliphatic carbocycles. The molecule has 0 heterocycles. The van der Waals surface area contributed by atoms with Crippen LogP contribution >= 0.6 is 0 Å². The van der Waals surface area contributed by atoms with Gasteiger partial charge in [0.1, 0.15) is 5.75 Å². The van der Waals surface area contributed by atoms with Crippen LogP contribution in [0.25, 0.3) is 0 Å². The minimum absolute atomic E-state index is 0.0590. The Balaban J connectivity index is 3.29. The van der Waals surface area contributed by atoms with Crippen molar-refractivity contribution in [2.45, 2.75) is 53.0 Å². The third kappa shape index (κ3) is 3.58. The molecule has 1 N–H and O–H groups in total. The van der Waals surface area contributed by atoms with Crippen LogP contribution in [-0.4, -0.2) is 17.4 Å². The molecule has 0 spiro atoms. The molecule has 0 saturated heterocycles. The lowest BCUT2D eigenvalue weighted by Crippen LogP contribution is -2.12. The van der Waals surface area contributed by atoms with Gasteiger partial charge in [0.2, 0.25) is 0 Å². The van der Waals surface area contributed by atoms with Gasteiger partial charge in [-0.2, -0.15) is 0 Å². The standard InChI is InChI=1S/C15H23NO/c1-10(2)16-9-12-7-11(3)8-13(14(12)17)15(4,5)6/h7-10,17H,1-6H3. The molecule has 2 nitrogen and oxygen atoms in total. The highest BCUT2D eigenvalue weighted by Gasteiger charge is 2.20. The average Bonchev–Trinajstić information content (AvgIpc) is 2.17. The molecule has 1 rings (SSSR count). The first kappa shape index (κ1) is 13.8. The molecule has 2 heteroatoms. The summed E-state index contributed by atoms with van der Waals surface area (Å²) in [5, 5.41) is 10.3. The molecule has 0 fully saturated rings. The molecule has 0 atom stereocenters. The van der Waals surface area contributed by atoms with E-state index in [-0.39, 0.29) is 11.5 Å². The van der Waals surface area contributed by atoms with Crippen molar-refractivity contribution < 1.29 is 5.11 Å². The summed E-state index contributed by atoms with van der Waals surface area (Å²) in [7, 11) is 0. The fourth-order valence-electron chi connectivity index (χ4n) is 1.71. The Morgan fingerprint density at radius 1 is 1.24 bits per heavy atom. The minimum atomic E-state index is -0.0590. The smallest absolute Gasteiger partial charge is 0.128 e. The zero-order valence-corrected chi connectivity index (χ0v) is 11.7. The summed E-state index contributed by atoms with van der Waals surface area (Å²) in [4.78, 5) is 4.33. The molecule has 0 aliphatic heterocycles. The van der Waals surface area contributed by atoms with E-state index < -0.39 is 0 Å². The molecule has 1 aromatic rings. The van der Waals surface area contributed by atoms with Gasteiger partial charge < -0.3 is 5.11 Å². The van der Waals surface area contributed by atoms with E-state index in [9.17, 15) is 5.11 Å². The van der Waals surface area contributed by atoms with Crippen LogP contribution in [0.3, 0.4) is 0 Å². The second-order valence-electron chi connectivity index (χ2n) is 5.87. The summed E-state index contributed by atoms with van der Waals surface area (Å²) in [5.41, 5.74) is 2.88. The number of aliphatic imine (C=N–C) groups is 1. The first-order valence-electron chi connectivity index (χ1n) is 6.09. The number of hydrogen-bond donors (Lipinski definition) is 1. The van der Waals surface area contributed by atoms with E-state index in [1.54, 1.807) is 6.21 Å². The number of nitrogens with zero attached hydrogens (tertiary/aromatic N) is 1. The fraction of sp³-hybridized carbons (Fsp3) is 0.533. The molecule has 0 aromatic heterocycles. The number of aryl methyl sites for hydroxylation is 1. The van der Waals surface area contributed by atoms with Gasteiger partial charge >= 0.3 is 0 Å². The number of phenols is 1. The second-order valence-corrected chi connectivity index (χ2v) is 5.87. The molecular formula is C15H23NO. The Morgan fingerprint density at radius 3 is 2.29 bits per heavy atom. The predicted molar refractivity (Wildman–Crippen MR) is 74.3 cm³/mol. The summed E-state index contributed by atoms with van der Waals surface area (Å²) >= 11 is 0. The van der Waals surface area contributed by atoms with Gasteiger partial charge in [-0.05, 0) is 37.8 Å². The molecule has 0 unspecified atom stereocenters. The van der Waals surface area contributed by atoms with Crippen molar-refractivity contribution in [1.29, 1.82) is 0 Å². The van der Waals surface area contributed by atoms with Crippen molar-refractivity contribution in [3.05, 3.63) is 28.8 Å². The number of hydrogen-bond acceptors (Lipinski definition) is 2. The zero-order chi connectivity index (χ0) is 13.2. The monoisotopic (exact) mass is 233 g/mol. The Morgan fingerprint density at radius 2 is 1.82 bits per heavy atom. The van der Waals surface area contributed by atoms with E-state index >= 15 is 0 Å². The maximum atomic E-state index is 10.3. The van der Waals surface area contributed by atoms with Crippen molar-refractivity contribution in [3.8, 4) is 5.75 Å². The number of aromatic hydroxyl groups is 1. The topological polar surface area (TPSA) is 32.6 Å². The van der Waals surface area contributed by atoms with E-state index in [2.05, 4.69) is 25.8 Å². The van der Waals surface area contributed by atoms with Crippen molar-refractivity contribution in [2.24, 2.45) is 4.99 Å². The maximum Gasteiger partial charge on any atom is 0.128 e. The minimum Gasteiger partial charge on any atom is -0.507 e. The van der Waals surface area contributed by atoms with Crippen molar-refractivity contribution in [3.63, 3.8) is 0 Å². The van der Waals surface area contributed by atoms with Gasteiger partial charge in [-0.15, -0.1) is 0 Å². The largest absolute Gasteiger partial charge is 0.507 e. The zero-order valence-electron chi connectivity index (χ0n) is 11.7. The molecule has 0 aliphatic rings. The molecule has 1 aromatic carbocycles. The maximum absolute atomic E-state index is 10.3. The average molecular weight is 233 g/mol. The summed E-state index contributed by atoms with van der Waals surface area (Å²) in [6.45, 7) is 12.4. The predicted octanol–water partition coefficient (Wildman–Crippen LogP) is 3.83. The summed E-state index contributed by atoms with van der Waals surface area (Å²) < 4.78 is 0. The van der Waals surface area contributed by atoms with E-state index in [1.165, 1.54) is 0 Å². The summed E-state index contributed by atoms with van der Waals surface area (Å²) in [5.74, 6) is 0.354. The van der Waals surface area contributed by atoms with Gasteiger partial charge in [-0.25, -0.2) is 0 Å². The van der Waals surface area contributed by atoms with E-state index in [0.29, 0.717) is 5.75 Å². The van der Waals surface area contributed by atoms with Crippen LogP contribution in [0.5, 0.6) is 5.75 Å². The molecule has 0 bridgehead atoms. The van der Waals surface area contributed by atoms with Crippen LogP contribution in [0.4, 0.5) is 0 Å². The van der Waals surface area contributed by atoms with Crippen LogP contribution in [-0.2, 0) is 5.41 Å². The molecular weight excluding hydrogens is 210 g/mol. The van der Waals surface area contributed by atoms with Crippen LogP contribution in [0, 0.1) is 6.92 Å². The van der Waals surface area contributed by atoms with Gasteiger partial charge in [-0.1, -0.05) is 26.8 Å². The van der Waals surface area contributed by atoms with Crippen LogP contribution in [0.2, 0.25) is 0 Å². The van der Waals surface area contributed by atoms with E-state index in [4.69, 9.17) is 0 Å². The first-order valence-corrected chi connectivity index (χ1v) is 6.09. The normalized spacial score (nSPS) is 12.6. The van der Waals surface area contributed by atoms with Gasteiger partial charge in [0.05, 0.1) is 0 Å². The molecule has 0 radical (unpaired) electrons. The van der Waals surface area contributed by atoms with Crippen molar-refractivity contribution in [2.75, 3.05) is 0 Å². The lowest BCUT2D eigenvalue weighted by atomic mass is 9.84. The van der Waals surface area contributed by atoms with Crippen molar-refractivity contribution in [1.82, 2.24) is 0 Å². The summed E-state index contributed by atoms with van der Waals surface area (Å²) in [6, 6.07) is 4.26. The first-order chi connectivity index (χ1) is 7.71. The SMILES string of the molecule is Cc1cc(C=NC(C)C)c(O)c(C(C)(C)C)c1. The number of rotatable bonds is 2. The van der Waals surface area contributed by atoms with E-state index in [0.717, 1.165) is 16.7 Å². The van der Waals surface area contributed by atoms with Crippen LogP contribution in [0.15, 0.2) is 17.1 Å². The quantitative estimate of drug-likeness (QED) is 0.774. The Bertz CT molecular complexity index is 425. The lowest BCUT2D eigenvalue weighted by Gasteiger charge is -2.22. The third-order valence-electron chi connectivity index (χ3n) is 2.60. The van der Waals surface area contributed by atoms with Gasteiger partial charge in [0, 0.05) is 23.4 Å². The second kappa shape index (κ2) is 4.91. The highest BCUT2D eigenvalue weighted by Crippen LogP contribution is 2.33. The number of phenolic OH excluding ortho intramolecular Hbond substituents is 1. The van der Waals surface area contributed by atoms with Gasteiger partial charge in [0.25, 0.3) is 0 Å². The number of benzene rings is 1. The molecule has 94 valence electrons. The van der Waals surface area contributed by atoms with Gasteiger partial charge in [-0.3, -0.25) is 4.99 Å². The van der Waals surface area contributed by atoms with Crippen LogP contribution in [0.1, 0.15) is 51.3 Å². The summed E-state index contributed by atoms with van der Waals surface area (Å²) in [6.07, 6.45) is 1.77. The van der Waals surface area contributed by atoms with E-state index in [1.807, 2.05) is 32.9 Å². The molecule has 0 saturated carbocycles. The third-order valence-corrected chi connectivity index (χ3v) is 2.60. The highest BCUT2D eigenvalue weighted by atomic mass is 16.3. The highest BCUT2D eigenvalue weighted by molar-refractivity contribution is 5.84. The van der Waals surface area contributed by atoms with Crippen molar-refractivity contribution >= 4 is 6.21 Å².